The number of carbonyl (C=O) groups is 2. The van der Waals surface area contributed by atoms with Crippen LogP contribution in [0.25, 0.3) is 0 Å². The van der Waals surface area contributed by atoms with Crippen molar-refractivity contribution >= 4 is 11.8 Å². The predicted octanol–water partition coefficient (Wildman–Crippen LogP) is -0.614. The van der Waals surface area contributed by atoms with Crippen LogP contribution in [-0.4, -0.2) is 79.2 Å². The van der Waals surface area contributed by atoms with E-state index in [4.69, 9.17) is 4.74 Å². The molecule has 8 nitrogen and oxygen atoms in total. The van der Waals surface area contributed by atoms with E-state index in [1.807, 2.05) is 0 Å². The average Bonchev–Trinajstić information content (AvgIpc) is 2.70. The lowest BCUT2D eigenvalue weighted by Crippen LogP contribution is -3.14. The van der Waals surface area contributed by atoms with Gasteiger partial charge in [0.15, 0.2) is 0 Å². The third kappa shape index (κ3) is 8.01. The number of hydrogen-bond donors (Lipinski definition) is 2. The minimum atomic E-state index is -0.170. The Kier molecular flexibility index (Phi) is 9.13. The Bertz CT molecular complexity index is 576. The van der Waals surface area contributed by atoms with Crippen molar-refractivity contribution in [1.29, 1.82) is 0 Å². The maximum atomic E-state index is 12.8. The maximum absolute atomic E-state index is 12.8. The first-order valence-corrected chi connectivity index (χ1v) is 9.79. The average molecular weight is 378 g/mol. The van der Waals surface area contributed by atoms with Crippen molar-refractivity contribution in [2.24, 2.45) is 5.92 Å². The predicted molar refractivity (Wildman–Crippen MR) is 101 cm³/mol. The van der Waals surface area contributed by atoms with E-state index in [0.717, 1.165) is 39.3 Å². The largest absolute Gasteiger partial charge is 0.370 e. The molecule has 0 saturated carbocycles. The second-order valence-corrected chi connectivity index (χ2v) is 7.30. The number of nitrogens with zero attached hydrogens (tertiary/aromatic N) is 3. The number of hydrogen-bond acceptors (Lipinski definition) is 5. The van der Waals surface area contributed by atoms with Gasteiger partial charge in [-0.3, -0.25) is 14.6 Å². The van der Waals surface area contributed by atoms with Crippen molar-refractivity contribution in [3.8, 4) is 0 Å². The fraction of sp³-hybridized carbons (Fsp3) is 0.684. The van der Waals surface area contributed by atoms with Gasteiger partial charge in [-0.1, -0.05) is 13.8 Å². The Balaban J connectivity index is 1.87. The van der Waals surface area contributed by atoms with Crippen molar-refractivity contribution in [3.05, 3.63) is 24.3 Å². The van der Waals surface area contributed by atoms with Crippen LogP contribution in [0.1, 0.15) is 37.2 Å². The van der Waals surface area contributed by atoms with E-state index in [9.17, 15) is 9.59 Å². The van der Waals surface area contributed by atoms with E-state index in [0.29, 0.717) is 37.7 Å². The SMILES string of the molecule is CC(C)CNC(=O)CCN(CCC[NH+]1CCOCC1)C(=O)c1cnccn1. The first-order valence-electron chi connectivity index (χ1n) is 9.79. The van der Waals surface area contributed by atoms with Crippen LogP contribution < -0.4 is 10.2 Å². The quantitative estimate of drug-likeness (QED) is 0.567. The number of rotatable bonds is 10. The van der Waals surface area contributed by atoms with E-state index >= 15 is 0 Å². The number of carbonyl (C=O) groups excluding carboxylic acids is 2. The molecule has 1 fully saturated rings. The molecule has 0 spiro atoms. The molecule has 27 heavy (non-hydrogen) atoms. The van der Waals surface area contributed by atoms with E-state index in [2.05, 4.69) is 29.1 Å². The molecule has 0 atom stereocenters. The molecule has 0 aliphatic carbocycles. The van der Waals surface area contributed by atoms with Crippen LogP contribution in [0.4, 0.5) is 0 Å². The number of quaternary nitrogens is 1. The zero-order valence-electron chi connectivity index (χ0n) is 16.4. The molecule has 1 aliphatic heterocycles. The van der Waals surface area contributed by atoms with Crippen LogP contribution in [0.5, 0.6) is 0 Å². The van der Waals surface area contributed by atoms with Crippen molar-refractivity contribution in [1.82, 2.24) is 20.2 Å². The Labute approximate surface area is 161 Å². The number of aromatic nitrogens is 2. The third-order valence-corrected chi connectivity index (χ3v) is 4.54. The molecular weight excluding hydrogens is 346 g/mol. The van der Waals surface area contributed by atoms with Crippen molar-refractivity contribution < 1.29 is 19.2 Å². The highest BCUT2D eigenvalue weighted by Crippen LogP contribution is 2.03. The van der Waals surface area contributed by atoms with Gasteiger partial charge in [0.1, 0.15) is 18.8 Å². The summed E-state index contributed by atoms with van der Waals surface area (Å²) in [5, 5.41) is 2.90. The Morgan fingerprint density at radius 1 is 1.26 bits per heavy atom. The topological polar surface area (TPSA) is 88.9 Å². The van der Waals surface area contributed by atoms with Crippen LogP contribution in [0.2, 0.25) is 0 Å². The molecule has 0 bridgehead atoms. The van der Waals surface area contributed by atoms with Crippen LogP contribution in [0.3, 0.4) is 0 Å². The lowest BCUT2D eigenvalue weighted by molar-refractivity contribution is -0.908. The standard InChI is InChI=1S/C19H31N5O3/c1-16(2)14-22-18(25)4-9-24(19(26)17-15-20-5-6-21-17)8-3-7-23-10-12-27-13-11-23/h5-6,15-16H,3-4,7-14H2,1-2H3,(H,22,25)/p+1. The van der Waals surface area contributed by atoms with Gasteiger partial charge in [0, 0.05) is 44.9 Å². The normalized spacial score (nSPS) is 14.9. The molecule has 0 unspecified atom stereocenters. The van der Waals surface area contributed by atoms with Crippen LogP contribution >= 0.6 is 0 Å². The van der Waals surface area contributed by atoms with E-state index in [1.54, 1.807) is 11.1 Å². The second kappa shape index (κ2) is 11.6. The molecule has 0 radical (unpaired) electrons. The van der Waals surface area contributed by atoms with Crippen LogP contribution in [-0.2, 0) is 9.53 Å². The fourth-order valence-electron chi connectivity index (χ4n) is 2.96. The Morgan fingerprint density at radius 3 is 2.70 bits per heavy atom. The molecule has 1 saturated heterocycles. The van der Waals surface area contributed by atoms with Gasteiger partial charge in [0.05, 0.1) is 26.0 Å². The van der Waals surface area contributed by atoms with Gasteiger partial charge in [0.25, 0.3) is 5.91 Å². The van der Waals surface area contributed by atoms with Gasteiger partial charge >= 0.3 is 0 Å². The minimum absolute atomic E-state index is 0.0283. The first kappa shape index (κ1) is 21.2. The molecule has 2 heterocycles. The molecule has 150 valence electrons. The summed E-state index contributed by atoms with van der Waals surface area (Å²) in [6.07, 6.45) is 5.71. The summed E-state index contributed by atoms with van der Waals surface area (Å²) in [6.45, 7) is 10.4. The number of morpholine rings is 1. The zero-order chi connectivity index (χ0) is 19.5. The lowest BCUT2D eigenvalue weighted by atomic mass is 10.2. The lowest BCUT2D eigenvalue weighted by Gasteiger charge is -2.26. The van der Waals surface area contributed by atoms with Crippen LogP contribution in [0, 0.1) is 5.92 Å². The number of amides is 2. The van der Waals surface area contributed by atoms with Gasteiger partial charge in [-0.25, -0.2) is 4.98 Å². The van der Waals surface area contributed by atoms with Gasteiger partial charge in [-0.2, -0.15) is 0 Å². The van der Waals surface area contributed by atoms with E-state index in [-0.39, 0.29) is 11.8 Å². The summed E-state index contributed by atoms with van der Waals surface area (Å²) >= 11 is 0. The van der Waals surface area contributed by atoms with Gasteiger partial charge in [-0.15, -0.1) is 0 Å². The molecule has 2 N–H and O–H groups in total. The molecule has 2 amide bonds. The molecule has 8 heteroatoms. The summed E-state index contributed by atoms with van der Waals surface area (Å²) in [6, 6.07) is 0. The molecule has 1 aliphatic rings. The van der Waals surface area contributed by atoms with Gasteiger partial charge in [-0.05, 0) is 5.92 Å². The van der Waals surface area contributed by atoms with Crippen LogP contribution in [0.15, 0.2) is 18.6 Å². The monoisotopic (exact) mass is 378 g/mol. The highest BCUT2D eigenvalue weighted by atomic mass is 16.5. The zero-order valence-corrected chi connectivity index (χ0v) is 16.4. The summed E-state index contributed by atoms with van der Waals surface area (Å²) in [5.41, 5.74) is 0.318. The highest BCUT2D eigenvalue weighted by Gasteiger charge is 2.20. The number of ether oxygens (including phenoxy) is 1. The fourth-order valence-corrected chi connectivity index (χ4v) is 2.96. The molecule has 0 aromatic carbocycles. The number of nitrogens with one attached hydrogen (secondary N) is 2. The summed E-state index contributed by atoms with van der Waals surface area (Å²) in [7, 11) is 0. The van der Waals surface area contributed by atoms with E-state index in [1.165, 1.54) is 17.3 Å². The molecular formula is C19H32N5O3+. The van der Waals surface area contributed by atoms with Gasteiger partial charge < -0.3 is 19.9 Å². The molecule has 2 rings (SSSR count). The van der Waals surface area contributed by atoms with Crippen molar-refractivity contribution in [3.63, 3.8) is 0 Å². The third-order valence-electron chi connectivity index (χ3n) is 4.54. The smallest absolute Gasteiger partial charge is 0.274 e. The maximum Gasteiger partial charge on any atom is 0.274 e. The molecule has 1 aromatic rings. The van der Waals surface area contributed by atoms with Crippen molar-refractivity contribution in [2.45, 2.75) is 26.7 Å². The Morgan fingerprint density at radius 2 is 2.04 bits per heavy atom. The van der Waals surface area contributed by atoms with Crippen molar-refractivity contribution in [2.75, 3.05) is 52.5 Å². The summed E-state index contributed by atoms with van der Waals surface area (Å²) < 4.78 is 5.38. The summed E-state index contributed by atoms with van der Waals surface area (Å²) in [5.74, 6) is 0.207. The molecule has 1 aromatic heterocycles. The van der Waals surface area contributed by atoms with E-state index < -0.39 is 0 Å². The Hall–Kier alpha value is -2.06. The highest BCUT2D eigenvalue weighted by molar-refractivity contribution is 5.92. The minimum Gasteiger partial charge on any atom is -0.370 e. The van der Waals surface area contributed by atoms with Gasteiger partial charge in [0.2, 0.25) is 5.91 Å². The summed E-state index contributed by atoms with van der Waals surface area (Å²) in [4.78, 5) is 36.1. The first-order chi connectivity index (χ1) is 13.1. The second-order valence-electron chi connectivity index (χ2n) is 7.30.